The third-order valence-electron chi connectivity index (χ3n) is 4.47. The van der Waals surface area contributed by atoms with Crippen LogP contribution in [0.4, 0.5) is 5.69 Å². The van der Waals surface area contributed by atoms with Gasteiger partial charge in [0.25, 0.3) is 0 Å². The number of fused-ring (bicyclic) bond motifs is 2. The molecule has 0 spiro atoms. The summed E-state index contributed by atoms with van der Waals surface area (Å²) in [7, 11) is 0. The molecule has 4 rings (SSSR count). The van der Waals surface area contributed by atoms with Crippen LogP contribution in [0.2, 0.25) is 0 Å². The zero-order valence-electron chi connectivity index (χ0n) is 12.3. The lowest BCUT2D eigenvalue weighted by Crippen LogP contribution is -2.11. The number of aryl methyl sites for hydroxylation is 2. The molecule has 1 heteroatoms. The summed E-state index contributed by atoms with van der Waals surface area (Å²) in [6.07, 6.45) is 2.41. The third-order valence-corrected chi connectivity index (χ3v) is 4.47. The van der Waals surface area contributed by atoms with Gasteiger partial charge >= 0.3 is 0 Å². The molecular formula is C20H19N. The number of rotatable bonds is 1. The van der Waals surface area contributed by atoms with E-state index in [1.54, 1.807) is 0 Å². The van der Waals surface area contributed by atoms with E-state index in [0.29, 0.717) is 0 Å². The van der Waals surface area contributed by atoms with E-state index in [1.807, 2.05) is 0 Å². The van der Waals surface area contributed by atoms with E-state index in [-0.39, 0.29) is 0 Å². The Labute approximate surface area is 125 Å². The van der Waals surface area contributed by atoms with Crippen LogP contribution in [0.5, 0.6) is 0 Å². The molecule has 3 aromatic rings. The molecule has 21 heavy (non-hydrogen) atoms. The number of benzene rings is 3. The molecule has 0 radical (unpaired) electrons. The lowest BCUT2D eigenvalue weighted by molar-refractivity contribution is 0.830. The highest BCUT2D eigenvalue weighted by atomic mass is 14.9. The van der Waals surface area contributed by atoms with Crippen LogP contribution >= 0.6 is 0 Å². The van der Waals surface area contributed by atoms with Gasteiger partial charge in [0.05, 0.1) is 0 Å². The summed E-state index contributed by atoms with van der Waals surface area (Å²) in [5, 5.41) is 6.16. The number of nitrogens with one attached hydrogen (secondary N) is 1. The molecule has 0 atom stereocenters. The Hall–Kier alpha value is -2.28. The number of hydrogen-bond donors (Lipinski definition) is 1. The van der Waals surface area contributed by atoms with Crippen molar-refractivity contribution in [2.45, 2.75) is 19.8 Å². The van der Waals surface area contributed by atoms with Gasteiger partial charge in [-0.2, -0.15) is 0 Å². The van der Waals surface area contributed by atoms with Crippen LogP contribution in [0.1, 0.15) is 17.5 Å². The van der Waals surface area contributed by atoms with E-state index in [2.05, 4.69) is 66.8 Å². The Kier molecular flexibility index (Phi) is 2.92. The summed E-state index contributed by atoms with van der Waals surface area (Å²) in [5.74, 6) is 0. The first-order chi connectivity index (χ1) is 10.3. The van der Waals surface area contributed by atoms with Gasteiger partial charge < -0.3 is 5.32 Å². The molecule has 0 amide bonds. The van der Waals surface area contributed by atoms with E-state index < -0.39 is 0 Å². The Morgan fingerprint density at radius 2 is 1.86 bits per heavy atom. The van der Waals surface area contributed by atoms with Crippen molar-refractivity contribution in [3.8, 4) is 11.1 Å². The molecule has 1 heterocycles. The summed E-state index contributed by atoms with van der Waals surface area (Å²) in [6, 6.07) is 20.0. The van der Waals surface area contributed by atoms with Crippen LogP contribution in [-0.2, 0) is 6.42 Å². The molecule has 0 fully saturated rings. The third kappa shape index (κ3) is 2.09. The van der Waals surface area contributed by atoms with Crippen molar-refractivity contribution in [1.29, 1.82) is 0 Å². The predicted octanol–water partition coefficient (Wildman–Crippen LogP) is 5.17. The van der Waals surface area contributed by atoms with Crippen LogP contribution in [0.25, 0.3) is 21.9 Å². The highest BCUT2D eigenvalue weighted by Gasteiger charge is 2.12. The van der Waals surface area contributed by atoms with Gasteiger partial charge in [0, 0.05) is 12.2 Å². The minimum atomic E-state index is 1.10. The minimum absolute atomic E-state index is 1.10. The maximum absolute atomic E-state index is 3.49. The summed E-state index contributed by atoms with van der Waals surface area (Å²) >= 11 is 0. The van der Waals surface area contributed by atoms with Crippen molar-refractivity contribution in [1.82, 2.24) is 0 Å². The van der Waals surface area contributed by atoms with Gasteiger partial charge in [0.1, 0.15) is 0 Å². The Morgan fingerprint density at radius 3 is 2.81 bits per heavy atom. The fraction of sp³-hybridized carbons (Fsp3) is 0.200. The molecule has 0 unspecified atom stereocenters. The van der Waals surface area contributed by atoms with E-state index in [0.717, 1.165) is 6.54 Å². The van der Waals surface area contributed by atoms with Crippen molar-refractivity contribution in [2.24, 2.45) is 0 Å². The van der Waals surface area contributed by atoms with Crippen LogP contribution < -0.4 is 5.32 Å². The Bertz CT molecular complexity index is 817. The van der Waals surface area contributed by atoms with Crippen molar-refractivity contribution in [2.75, 3.05) is 11.9 Å². The monoisotopic (exact) mass is 273 g/mol. The first-order valence-corrected chi connectivity index (χ1v) is 7.68. The fourth-order valence-corrected chi connectivity index (χ4v) is 3.39. The highest BCUT2D eigenvalue weighted by Crippen LogP contribution is 2.34. The zero-order chi connectivity index (χ0) is 14.2. The lowest BCUT2D eigenvalue weighted by atomic mass is 9.91. The molecule has 1 aliphatic rings. The Morgan fingerprint density at radius 1 is 0.952 bits per heavy atom. The van der Waals surface area contributed by atoms with Gasteiger partial charge in [-0.05, 0) is 64.9 Å². The second kappa shape index (κ2) is 4.92. The standard InChI is InChI=1S/C20H19N/c1-14-8-9-15-5-2-3-7-18(15)20(14)17-10-11-19-16(13-17)6-4-12-21-19/h2-3,5,7-11,13,21H,4,6,12H2,1H3. The lowest BCUT2D eigenvalue weighted by Gasteiger charge is -2.20. The summed E-state index contributed by atoms with van der Waals surface area (Å²) < 4.78 is 0. The van der Waals surface area contributed by atoms with Crippen LogP contribution in [0.3, 0.4) is 0 Å². The van der Waals surface area contributed by atoms with Gasteiger partial charge in [0.2, 0.25) is 0 Å². The SMILES string of the molecule is Cc1ccc2ccccc2c1-c1ccc2c(c1)CCCN2. The maximum atomic E-state index is 3.49. The average molecular weight is 273 g/mol. The Balaban J connectivity index is 1.96. The van der Waals surface area contributed by atoms with Gasteiger partial charge in [-0.3, -0.25) is 0 Å². The maximum Gasteiger partial charge on any atom is 0.0373 e. The van der Waals surface area contributed by atoms with Gasteiger partial charge in [-0.15, -0.1) is 0 Å². The predicted molar refractivity (Wildman–Crippen MR) is 90.9 cm³/mol. The zero-order valence-corrected chi connectivity index (χ0v) is 12.3. The van der Waals surface area contributed by atoms with Gasteiger partial charge in [-0.25, -0.2) is 0 Å². The van der Waals surface area contributed by atoms with Crippen molar-refractivity contribution < 1.29 is 0 Å². The van der Waals surface area contributed by atoms with Crippen LogP contribution in [0, 0.1) is 6.92 Å². The normalized spacial score (nSPS) is 13.8. The van der Waals surface area contributed by atoms with Crippen LogP contribution in [-0.4, -0.2) is 6.54 Å². The first kappa shape index (κ1) is 12.5. The molecule has 0 aliphatic carbocycles. The number of hydrogen-bond acceptors (Lipinski definition) is 1. The van der Waals surface area contributed by atoms with E-state index in [9.17, 15) is 0 Å². The smallest absolute Gasteiger partial charge is 0.0373 e. The fourth-order valence-electron chi connectivity index (χ4n) is 3.39. The molecule has 3 aromatic carbocycles. The molecule has 0 saturated carbocycles. The van der Waals surface area contributed by atoms with E-state index in [4.69, 9.17) is 0 Å². The van der Waals surface area contributed by atoms with Crippen molar-refractivity contribution in [3.05, 3.63) is 65.7 Å². The second-order valence-corrected chi connectivity index (χ2v) is 5.88. The topological polar surface area (TPSA) is 12.0 Å². The summed E-state index contributed by atoms with van der Waals surface area (Å²) in [5.41, 5.74) is 6.82. The van der Waals surface area contributed by atoms with Crippen molar-refractivity contribution >= 4 is 16.5 Å². The molecule has 1 aliphatic heterocycles. The molecule has 0 saturated heterocycles. The van der Waals surface area contributed by atoms with Gasteiger partial charge in [0.15, 0.2) is 0 Å². The van der Waals surface area contributed by atoms with Gasteiger partial charge in [-0.1, -0.05) is 42.5 Å². The highest BCUT2D eigenvalue weighted by molar-refractivity contribution is 5.98. The summed E-state index contributed by atoms with van der Waals surface area (Å²) in [6.45, 7) is 3.30. The molecule has 1 nitrogen and oxygen atoms in total. The van der Waals surface area contributed by atoms with E-state index >= 15 is 0 Å². The molecule has 0 aromatic heterocycles. The largest absolute Gasteiger partial charge is 0.385 e. The summed E-state index contributed by atoms with van der Waals surface area (Å²) in [4.78, 5) is 0. The average Bonchev–Trinajstić information content (AvgIpc) is 2.54. The minimum Gasteiger partial charge on any atom is -0.385 e. The second-order valence-electron chi connectivity index (χ2n) is 5.88. The van der Waals surface area contributed by atoms with Crippen molar-refractivity contribution in [3.63, 3.8) is 0 Å². The number of anilines is 1. The quantitative estimate of drug-likeness (QED) is 0.644. The molecule has 0 bridgehead atoms. The molecule has 104 valence electrons. The van der Waals surface area contributed by atoms with Crippen LogP contribution in [0.15, 0.2) is 54.6 Å². The molecular weight excluding hydrogens is 254 g/mol. The van der Waals surface area contributed by atoms with E-state index in [1.165, 1.54) is 51.6 Å². The first-order valence-electron chi connectivity index (χ1n) is 7.68. The molecule has 1 N–H and O–H groups in total.